The zero-order chi connectivity index (χ0) is 15.2. The first kappa shape index (κ1) is 20.0. The molecule has 3 N–H and O–H groups in total. The van der Waals surface area contributed by atoms with Crippen molar-refractivity contribution in [2.45, 2.75) is 25.7 Å². The molecule has 1 unspecified atom stereocenters. The van der Waals surface area contributed by atoms with Crippen molar-refractivity contribution >= 4 is 29.9 Å². The van der Waals surface area contributed by atoms with Crippen LogP contribution in [0.4, 0.5) is 13.2 Å². The summed E-state index contributed by atoms with van der Waals surface area (Å²) in [7, 11) is 1.55. The second-order valence-electron chi connectivity index (χ2n) is 4.35. The van der Waals surface area contributed by atoms with Gasteiger partial charge in [0, 0.05) is 20.1 Å². The lowest BCUT2D eigenvalue weighted by atomic mass is 10.1. The van der Waals surface area contributed by atoms with Crippen LogP contribution in [-0.4, -0.2) is 30.8 Å². The van der Waals surface area contributed by atoms with E-state index in [-0.39, 0.29) is 30.5 Å². The topological polar surface area (TPSA) is 56.7 Å². The molecule has 4 nitrogen and oxygen atoms in total. The average Bonchev–Trinajstić information content (AvgIpc) is 2.38. The summed E-state index contributed by atoms with van der Waals surface area (Å²) in [5.74, 6) is 0.420. The van der Waals surface area contributed by atoms with Crippen LogP contribution in [0.3, 0.4) is 0 Å². The van der Waals surface area contributed by atoms with Crippen LogP contribution in [0.5, 0.6) is 0 Å². The number of rotatable bonds is 4. The molecule has 8 heteroatoms. The molecule has 0 heterocycles. The third kappa shape index (κ3) is 7.51. The van der Waals surface area contributed by atoms with Gasteiger partial charge in [0.1, 0.15) is 0 Å². The lowest BCUT2D eigenvalue weighted by Gasteiger charge is -2.14. The predicted octanol–water partition coefficient (Wildman–Crippen LogP) is 2.37. The average molecular weight is 417 g/mol. The molecule has 0 aliphatic heterocycles. The van der Waals surface area contributed by atoms with E-state index in [1.54, 1.807) is 20.0 Å². The van der Waals surface area contributed by atoms with Gasteiger partial charge < -0.3 is 15.7 Å². The van der Waals surface area contributed by atoms with Crippen molar-refractivity contribution in [3.05, 3.63) is 35.4 Å². The number of hydrogen-bond acceptors (Lipinski definition) is 2. The van der Waals surface area contributed by atoms with Gasteiger partial charge in [0.25, 0.3) is 0 Å². The van der Waals surface area contributed by atoms with Crippen molar-refractivity contribution in [1.82, 2.24) is 10.6 Å². The summed E-state index contributed by atoms with van der Waals surface area (Å²) in [6.07, 6.45) is -4.88. The van der Waals surface area contributed by atoms with Gasteiger partial charge in [0.2, 0.25) is 0 Å². The van der Waals surface area contributed by atoms with Crippen molar-refractivity contribution in [1.29, 1.82) is 0 Å². The first-order valence-corrected chi connectivity index (χ1v) is 6.11. The molecule has 1 rings (SSSR count). The minimum atomic E-state index is -4.34. The first-order valence-electron chi connectivity index (χ1n) is 6.11. The number of halogens is 4. The summed E-state index contributed by atoms with van der Waals surface area (Å²) in [4.78, 5) is 3.91. The van der Waals surface area contributed by atoms with Gasteiger partial charge in [-0.05, 0) is 24.6 Å². The minimum Gasteiger partial charge on any atom is -0.392 e. The predicted molar refractivity (Wildman–Crippen MR) is 86.7 cm³/mol. The van der Waals surface area contributed by atoms with Crippen molar-refractivity contribution in [2.75, 3.05) is 13.6 Å². The number of nitrogens with one attached hydrogen (secondary N) is 2. The normalized spacial score (nSPS) is 13.3. The van der Waals surface area contributed by atoms with E-state index >= 15 is 0 Å². The second-order valence-corrected chi connectivity index (χ2v) is 4.35. The fourth-order valence-corrected chi connectivity index (χ4v) is 1.51. The highest BCUT2D eigenvalue weighted by Gasteiger charge is 2.30. The molecule has 1 atom stereocenters. The number of aliphatic hydroxyl groups is 1. The van der Waals surface area contributed by atoms with E-state index in [0.717, 1.165) is 12.1 Å². The molecule has 1 aromatic carbocycles. The van der Waals surface area contributed by atoms with E-state index in [0.29, 0.717) is 18.1 Å². The van der Waals surface area contributed by atoms with Crippen molar-refractivity contribution in [3.63, 3.8) is 0 Å². The fraction of sp³-hybridized carbons (Fsp3) is 0.462. The molecule has 0 radical (unpaired) electrons. The number of nitrogens with zero attached hydrogens (tertiary/aromatic N) is 1. The van der Waals surface area contributed by atoms with Gasteiger partial charge in [0.15, 0.2) is 5.96 Å². The van der Waals surface area contributed by atoms with Gasteiger partial charge in [-0.2, -0.15) is 13.2 Å². The number of alkyl halides is 3. The molecule has 0 spiro atoms. The molecular weight excluding hydrogens is 398 g/mol. The molecule has 0 aliphatic carbocycles. The summed E-state index contributed by atoms with van der Waals surface area (Å²) in [5.41, 5.74) is -0.177. The monoisotopic (exact) mass is 417 g/mol. The van der Waals surface area contributed by atoms with E-state index in [2.05, 4.69) is 15.6 Å². The van der Waals surface area contributed by atoms with Crippen LogP contribution >= 0.6 is 24.0 Å². The second kappa shape index (κ2) is 9.08. The van der Waals surface area contributed by atoms with Gasteiger partial charge in [-0.25, -0.2) is 0 Å². The number of hydrogen-bond donors (Lipinski definition) is 3. The van der Waals surface area contributed by atoms with Crippen LogP contribution in [0.15, 0.2) is 29.3 Å². The van der Waals surface area contributed by atoms with E-state index in [1.165, 1.54) is 6.07 Å². The molecule has 120 valence electrons. The van der Waals surface area contributed by atoms with E-state index in [9.17, 15) is 13.2 Å². The standard InChI is InChI=1S/C13H18F3N3O.HI/c1-9(20)7-18-12(17-2)19-8-10-4-3-5-11(6-10)13(14,15)16;/h3-6,9,20H,7-8H2,1-2H3,(H2,17,18,19);1H. The molecule has 0 aliphatic rings. The van der Waals surface area contributed by atoms with E-state index < -0.39 is 17.8 Å². The molecular formula is C13H19F3IN3O. The summed E-state index contributed by atoms with van der Waals surface area (Å²) in [6, 6.07) is 5.09. The van der Waals surface area contributed by atoms with Crippen molar-refractivity contribution in [2.24, 2.45) is 4.99 Å². The lowest BCUT2D eigenvalue weighted by Crippen LogP contribution is -2.40. The maximum Gasteiger partial charge on any atom is 0.416 e. The lowest BCUT2D eigenvalue weighted by molar-refractivity contribution is -0.137. The Bertz CT molecular complexity index is 464. The van der Waals surface area contributed by atoms with Crippen LogP contribution in [0, 0.1) is 0 Å². The van der Waals surface area contributed by atoms with Crippen LogP contribution < -0.4 is 10.6 Å². The highest BCUT2D eigenvalue weighted by molar-refractivity contribution is 14.0. The molecule has 1 aromatic rings. The van der Waals surface area contributed by atoms with E-state index in [1.807, 2.05) is 0 Å². The Hall–Kier alpha value is -1.03. The molecule has 0 aromatic heterocycles. The minimum absolute atomic E-state index is 0. The Labute approximate surface area is 138 Å². The van der Waals surface area contributed by atoms with Crippen molar-refractivity contribution < 1.29 is 18.3 Å². The van der Waals surface area contributed by atoms with Gasteiger partial charge in [0.05, 0.1) is 11.7 Å². The molecule has 21 heavy (non-hydrogen) atoms. The SMILES string of the molecule is CN=C(NCc1cccc(C(F)(F)F)c1)NCC(C)O.I. The van der Waals surface area contributed by atoms with E-state index in [4.69, 9.17) is 5.11 Å². The maximum absolute atomic E-state index is 12.6. The molecule has 0 amide bonds. The Morgan fingerprint density at radius 1 is 1.33 bits per heavy atom. The quantitative estimate of drug-likeness (QED) is 0.401. The molecule has 0 saturated heterocycles. The number of aliphatic hydroxyl groups excluding tert-OH is 1. The number of benzene rings is 1. The number of aliphatic imine (C=N–C) groups is 1. The van der Waals surface area contributed by atoms with Crippen molar-refractivity contribution in [3.8, 4) is 0 Å². The highest BCUT2D eigenvalue weighted by atomic mass is 127. The van der Waals surface area contributed by atoms with Gasteiger partial charge in [-0.15, -0.1) is 24.0 Å². The summed E-state index contributed by atoms with van der Waals surface area (Å²) >= 11 is 0. The number of guanidine groups is 1. The third-order valence-corrected chi connectivity index (χ3v) is 2.50. The highest BCUT2D eigenvalue weighted by Crippen LogP contribution is 2.29. The summed E-state index contributed by atoms with van der Waals surface area (Å²) < 4.78 is 37.7. The Morgan fingerprint density at radius 3 is 2.52 bits per heavy atom. The third-order valence-electron chi connectivity index (χ3n) is 2.50. The molecule has 0 bridgehead atoms. The maximum atomic E-state index is 12.6. The first-order chi connectivity index (χ1) is 9.32. The smallest absolute Gasteiger partial charge is 0.392 e. The van der Waals surface area contributed by atoms with Crippen LogP contribution in [-0.2, 0) is 12.7 Å². The van der Waals surface area contributed by atoms with Gasteiger partial charge in [-0.3, -0.25) is 4.99 Å². The fourth-order valence-electron chi connectivity index (χ4n) is 1.51. The Balaban J connectivity index is 0.00000400. The zero-order valence-electron chi connectivity index (χ0n) is 11.7. The zero-order valence-corrected chi connectivity index (χ0v) is 14.1. The molecule has 0 fully saturated rings. The van der Waals surface area contributed by atoms with Crippen LogP contribution in [0.25, 0.3) is 0 Å². The Morgan fingerprint density at radius 2 is 2.00 bits per heavy atom. The largest absolute Gasteiger partial charge is 0.416 e. The molecule has 0 saturated carbocycles. The van der Waals surface area contributed by atoms with Gasteiger partial charge >= 0.3 is 6.18 Å². The van der Waals surface area contributed by atoms with Crippen LogP contribution in [0.2, 0.25) is 0 Å². The van der Waals surface area contributed by atoms with Gasteiger partial charge in [-0.1, -0.05) is 12.1 Å². The Kier molecular flexibility index (Phi) is 8.64. The van der Waals surface area contributed by atoms with Crippen LogP contribution in [0.1, 0.15) is 18.1 Å². The summed E-state index contributed by atoms with van der Waals surface area (Å²) in [5, 5.41) is 14.9. The summed E-state index contributed by atoms with van der Waals surface area (Å²) in [6.45, 7) is 2.14.